The van der Waals surface area contributed by atoms with Gasteiger partial charge in [0.25, 0.3) is 0 Å². The minimum Gasteiger partial charge on any atom is -0.496 e. The Morgan fingerprint density at radius 1 is 1.32 bits per heavy atom. The predicted molar refractivity (Wildman–Crippen MR) is 78.9 cm³/mol. The van der Waals surface area contributed by atoms with Crippen LogP contribution in [-0.4, -0.2) is 19.9 Å². The highest BCUT2D eigenvalue weighted by atomic mass is 16.5. The summed E-state index contributed by atoms with van der Waals surface area (Å²) in [5.41, 5.74) is 4.79. The molecule has 0 aliphatic heterocycles. The van der Waals surface area contributed by atoms with Crippen LogP contribution in [-0.2, 0) is 4.79 Å². The SMILES string of the molecule is CNC(CCC(C)=O)c1c(C)cc(C)c(C)c1OC. The van der Waals surface area contributed by atoms with Crippen LogP contribution in [0.1, 0.15) is 48.1 Å². The summed E-state index contributed by atoms with van der Waals surface area (Å²) in [5, 5.41) is 3.30. The zero-order valence-corrected chi connectivity index (χ0v) is 12.9. The number of nitrogens with one attached hydrogen (secondary N) is 1. The highest BCUT2D eigenvalue weighted by Crippen LogP contribution is 2.35. The van der Waals surface area contributed by atoms with E-state index in [1.807, 2.05) is 7.05 Å². The number of hydrogen-bond donors (Lipinski definition) is 1. The van der Waals surface area contributed by atoms with Gasteiger partial charge in [0, 0.05) is 18.0 Å². The summed E-state index contributed by atoms with van der Waals surface area (Å²) >= 11 is 0. The van der Waals surface area contributed by atoms with Crippen LogP contribution in [0.15, 0.2) is 6.07 Å². The van der Waals surface area contributed by atoms with Crippen LogP contribution in [0.2, 0.25) is 0 Å². The largest absolute Gasteiger partial charge is 0.496 e. The Balaban J connectivity index is 3.22. The average molecular weight is 263 g/mol. The summed E-state index contributed by atoms with van der Waals surface area (Å²) in [4.78, 5) is 11.2. The molecule has 19 heavy (non-hydrogen) atoms. The molecular weight excluding hydrogens is 238 g/mol. The van der Waals surface area contributed by atoms with E-state index < -0.39 is 0 Å². The number of ether oxygens (including phenoxy) is 1. The van der Waals surface area contributed by atoms with Crippen LogP contribution in [0.3, 0.4) is 0 Å². The van der Waals surface area contributed by atoms with Gasteiger partial charge in [0.1, 0.15) is 11.5 Å². The Hall–Kier alpha value is -1.35. The summed E-state index contributed by atoms with van der Waals surface area (Å²) < 4.78 is 5.60. The van der Waals surface area contributed by atoms with Gasteiger partial charge in [-0.25, -0.2) is 0 Å². The fourth-order valence-electron chi connectivity index (χ4n) is 2.55. The zero-order valence-electron chi connectivity index (χ0n) is 12.9. The van der Waals surface area contributed by atoms with Crippen molar-refractivity contribution in [2.24, 2.45) is 0 Å². The van der Waals surface area contributed by atoms with E-state index in [0.29, 0.717) is 6.42 Å². The van der Waals surface area contributed by atoms with E-state index in [9.17, 15) is 4.79 Å². The number of ketones is 1. The second-order valence-electron chi connectivity index (χ2n) is 5.16. The van der Waals surface area contributed by atoms with Gasteiger partial charge in [-0.1, -0.05) is 6.07 Å². The van der Waals surface area contributed by atoms with Crippen LogP contribution < -0.4 is 10.1 Å². The minimum atomic E-state index is 0.151. The van der Waals surface area contributed by atoms with Crippen molar-refractivity contribution in [2.45, 2.75) is 46.6 Å². The molecule has 0 aliphatic carbocycles. The molecule has 0 aliphatic rings. The first-order chi connectivity index (χ1) is 8.92. The fourth-order valence-corrected chi connectivity index (χ4v) is 2.55. The number of benzene rings is 1. The van der Waals surface area contributed by atoms with Crippen molar-refractivity contribution in [3.63, 3.8) is 0 Å². The molecule has 3 heteroatoms. The molecular formula is C16H25NO2. The maximum Gasteiger partial charge on any atom is 0.129 e. The molecule has 1 unspecified atom stereocenters. The molecule has 0 aromatic heterocycles. The molecule has 3 nitrogen and oxygen atoms in total. The Morgan fingerprint density at radius 3 is 2.42 bits per heavy atom. The van der Waals surface area contributed by atoms with Crippen molar-refractivity contribution in [3.8, 4) is 5.75 Å². The van der Waals surface area contributed by atoms with Crippen molar-refractivity contribution >= 4 is 5.78 Å². The number of carbonyl (C=O) groups is 1. The molecule has 0 amide bonds. The summed E-state index contributed by atoms with van der Waals surface area (Å²) in [6, 6.07) is 2.34. The van der Waals surface area contributed by atoms with E-state index in [0.717, 1.165) is 12.2 Å². The monoisotopic (exact) mass is 263 g/mol. The van der Waals surface area contributed by atoms with E-state index in [4.69, 9.17) is 4.74 Å². The topological polar surface area (TPSA) is 38.3 Å². The van der Waals surface area contributed by atoms with Gasteiger partial charge < -0.3 is 14.8 Å². The Labute approximate surface area is 116 Å². The Kier molecular flexibility index (Phi) is 5.55. The molecule has 0 saturated heterocycles. The highest BCUT2D eigenvalue weighted by molar-refractivity contribution is 5.75. The number of Topliss-reactive ketones (excluding diaryl/α,β-unsaturated/α-hetero) is 1. The van der Waals surface area contributed by atoms with E-state index >= 15 is 0 Å². The maximum atomic E-state index is 11.2. The lowest BCUT2D eigenvalue weighted by Gasteiger charge is -2.23. The van der Waals surface area contributed by atoms with Gasteiger partial charge in [0.15, 0.2) is 0 Å². The number of carbonyl (C=O) groups excluding carboxylic acids is 1. The first-order valence-corrected chi connectivity index (χ1v) is 6.73. The fraction of sp³-hybridized carbons (Fsp3) is 0.562. The number of aryl methyl sites for hydroxylation is 2. The third-order valence-electron chi connectivity index (χ3n) is 3.72. The number of methoxy groups -OCH3 is 1. The zero-order chi connectivity index (χ0) is 14.6. The van der Waals surface area contributed by atoms with Gasteiger partial charge in [0.05, 0.1) is 7.11 Å². The van der Waals surface area contributed by atoms with Gasteiger partial charge in [-0.3, -0.25) is 0 Å². The number of hydrogen-bond acceptors (Lipinski definition) is 3. The van der Waals surface area contributed by atoms with Crippen molar-refractivity contribution < 1.29 is 9.53 Å². The lowest BCUT2D eigenvalue weighted by Crippen LogP contribution is -2.20. The lowest BCUT2D eigenvalue weighted by atomic mass is 9.91. The normalized spacial score (nSPS) is 12.3. The number of rotatable bonds is 6. The van der Waals surface area contributed by atoms with E-state index in [-0.39, 0.29) is 11.8 Å². The molecule has 1 N–H and O–H groups in total. The van der Waals surface area contributed by atoms with Crippen LogP contribution in [0.4, 0.5) is 0 Å². The van der Waals surface area contributed by atoms with Crippen molar-refractivity contribution in [1.82, 2.24) is 5.32 Å². The average Bonchev–Trinajstić information content (AvgIpc) is 2.35. The summed E-state index contributed by atoms with van der Waals surface area (Å²) in [5.74, 6) is 1.17. The Bertz CT molecular complexity index is 466. The maximum absolute atomic E-state index is 11.2. The van der Waals surface area contributed by atoms with Gasteiger partial charge in [-0.15, -0.1) is 0 Å². The van der Waals surface area contributed by atoms with Gasteiger partial charge in [0.2, 0.25) is 0 Å². The molecule has 1 atom stereocenters. The van der Waals surface area contributed by atoms with Crippen molar-refractivity contribution in [1.29, 1.82) is 0 Å². The van der Waals surface area contributed by atoms with Crippen LogP contribution >= 0.6 is 0 Å². The van der Waals surface area contributed by atoms with Crippen molar-refractivity contribution in [2.75, 3.05) is 14.2 Å². The molecule has 1 rings (SSSR count). The quantitative estimate of drug-likeness (QED) is 0.856. The first kappa shape index (κ1) is 15.7. The first-order valence-electron chi connectivity index (χ1n) is 6.73. The smallest absolute Gasteiger partial charge is 0.129 e. The van der Waals surface area contributed by atoms with Crippen LogP contribution in [0.25, 0.3) is 0 Å². The third kappa shape index (κ3) is 3.57. The Morgan fingerprint density at radius 2 is 1.95 bits per heavy atom. The summed E-state index contributed by atoms with van der Waals surface area (Å²) in [6.45, 7) is 7.91. The van der Waals surface area contributed by atoms with Crippen molar-refractivity contribution in [3.05, 3.63) is 28.3 Å². The second-order valence-corrected chi connectivity index (χ2v) is 5.16. The minimum absolute atomic E-state index is 0.151. The van der Waals surface area contributed by atoms with Gasteiger partial charge >= 0.3 is 0 Å². The molecule has 0 radical (unpaired) electrons. The van der Waals surface area contributed by atoms with E-state index in [2.05, 4.69) is 32.2 Å². The van der Waals surface area contributed by atoms with Gasteiger partial charge in [-0.05, 0) is 57.9 Å². The van der Waals surface area contributed by atoms with E-state index in [1.54, 1.807) is 14.0 Å². The molecule has 1 aromatic carbocycles. The van der Waals surface area contributed by atoms with E-state index in [1.165, 1.54) is 22.3 Å². The molecule has 0 fully saturated rings. The highest BCUT2D eigenvalue weighted by Gasteiger charge is 2.20. The summed E-state index contributed by atoms with van der Waals surface area (Å²) in [7, 11) is 3.64. The third-order valence-corrected chi connectivity index (χ3v) is 3.72. The molecule has 0 heterocycles. The standard InChI is InChI=1S/C16H25NO2/c1-10-9-11(2)15(16(19-6)13(10)4)14(17-5)8-7-12(3)18/h9,14,17H,7-8H2,1-6H3. The molecule has 106 valence electrons. The summed E-state index contributed by atoms with van der Waals surface area (Å²) in [6.07, 6.45) is 1.38. The lowest BCUT2D eigenvalue weighted by molar-refractivity contribution is -0.117. The van der Waals surface area contributed by atoms with Crippen LogP contribution in [0.5, 0.6) is 5.75 Å². The molecule has 0 spiro atoms. The molecule has 1 aromatic rings. The second kappa shape index (κ2) is 6.71. The molecule has 0 saturated carbocycles. The van der Waals surface area contributed by atoms with Crippen LogP contribution in [0, 0.1) is 20.8 Å². The molecule has 0 bridgehead atoms. The predicted octanol–water partition coefficient (Wildman–Crippen LogP) is 3.25. The van der Waals surface area contributed by atoms with Gasteiger partial charge in [-0.2, -0.15) is 0 Å².